The third-order valence-electron chi connectivity index (χ3n) is 4.48. The maximum atomic E-state index is 11.2. The number of hydrogen-bond acceptors (Lipinski definition) is 4. The first-order chi connectivity index (χ1) is 11.9. The Balaban J connectivity index is 0.00000338. The van der Waals surface area contributed by atoms with Gasteiger partial charge in [0.2, 0.25) is 0 Å². The van der Waals surface area contributed by atoms with E-state index >= 15 is 0 Å². The fourth-order valence-electron chi connectivity index (χ4n) is 3.17. The summed E-state index contributed by atoms with van der Waals surface area (Å²) in [6.07, 6.45) is 2.92. The van der Waals surface area contributed by atoms with Gasteiger partial charge in [0.15, 0.2) is 5.96 Å². The average Bonchev–Trinajstić information content (AvgIpc) is 2.90. The van der Waals surface area contributed by atoms with E-state index in [1.165, 1.54) is 11.8 Å². The van der Waals surface area contributed by atoms with Gasteiger partial charge >= 0.3 is 0 Å². The summed E-state index contributed by atoms with van der Waals surface area (Å²) >= 11 is 0. The van der Waals surface area contributed by atoms with Gasteiger partial charge in [0, 0.05) is 45.0 Å². The fourth-order valence-corrected chi connectivity index (χ4v) is 3.84. The number of rotatable bonds is 7. The van der Waals surface area contributed by atoms with E-state index in [1.807, 2.05) is 6.07 Å². The molecule has 0 bridgehead atoms. The van der Waals surface area contributed by atoms with Crippen LogP contribution in [-0.2, 0) is 16.4 Å². The highest BCUT2D eigenvalue weighted by Gasteiger charge is 2.29. The smallest absolute Gasteiger partial charge is 0.191 e. The number of hydrogen-bond donors (Lipinski definition) is 2. The highest BCUT2D eigenvalue weighted by Crippen LogP contribution is 2.20. The number of halogens is 1. The second-order valence-electron chi connectivity index (χ2n) is 6.82. The maximum absolute atomic E-state index is 11.2. The zero-order chi connectivity index (χ0) is 18.3. The molecular formula is C18H31IN4O2S. The Morgan fingerprint density at radius 2 is 2.00 bits per heavy atom. The average molecular weight is 494 g/mol. The van der Waals surface area contributed by atoms with E-state index in [4.69, 9.17) is 0 Å². The lowest BCUT2D eigenvalue weighted by molar-refractivity contribution is 0.258. The number of guanidine groups is 1. The lowest BCUT2D eigenvalue weighted by atomic mass is 10.2. The van der Waals surface area contributed by atoms with Gasteiger partial charge in [0.1, 0.15) is 9.84 Å². The van der Waals surface area contributed by atoms with Gasteiger partial charge in [0.25, 0.3) is 0 Å². The summed E-state index contributed by atoms with van der Waals surface area (Å²) in [5, 5.41) is 6.66. The molecular weight excluding hydrogens is 463 g/mol. The molecule has 6 nitrogen and oxygen atoms in total. The molecule has 2 rings (SSSR count). The summed E-state index contributed by atoms with van der Waals surface area (Å²) in [6, 6.07) is 11.4. The number of sulfone groups is 1. The van der Waals surface area contributed by atoms with Crippen LogP contribution in [0.4, 0.5) is 0 Å². The van der Waals surface area contributed by atoms with Gasteiger partial charge < -0.3 is 10.6 Å². The summed E-state index contributed by atoms with van der Waals surface area (Å²) in [7, 11) is -1.16. The molecule has 148 valence electrons. The minimum absolute atomic E-state index is 0. The third kappa shape index (κ3) is 8.22. The summed E-state index contributed by atoms with van der Waals surface area (Å²) in [5.74, 6) is 0.940. The maximum Gasteiger partial charge on any atom is 0.191 e. The van der Waals surface area contributed by atoms with Crippen molar-refractivity contribution in [2.75, 3.05) is 32.1 Å². The molecule has 0 aromatic heterocycles. The standard InChI is InChI=1S/C18H30N4O2S.HI/c1-15-12-17(14-22(15)13-16-8-5-4-6-9-16)21-18(19-2)20-10-7-11-25(3,23)24;/h4-6,8-9,15,17H,7,10-14H2,1-3H3,(H2,19,20,21);1H. The molecule has 26 heavy (non-hydrogen) atoms. The van der Waals surface area contributed by atoms with E-state index in [9.17, 15) is 8.42 Å². The number of nitrogens with one attached hydrogen (secondary N) is 2. The summed E-state index contributed by atoms with van der Waals surface area (Å²) in [6.45, 7) is 4.79. The molecule has 0 amide bonds. The van der Waals surface area contributed by atoms with Crippen LogP contribution >= 0.6 is 24.0 Å². The highest BCUT2D eigenvalue weighted by molar-refractivity contribution is 14.0. The molecule has 0 radical (unpaired) electrons. The lowest BCUT2D eigenvalue weighted by Crippen LogP contribution is -2.45. The molecule has 1 aliphatic rings. The van der Waals surface area contributed by atoms with Gasteiger partial charge in [-0.25, -0.2) is 8.42 Å². The van der Waals surface area contributed by atoms with Crippen molar-refractivity contribution in [1.29, 1.82) is 0 Å². The van der Waals surface area contributed by atoms with Gasteiger partial charge in [-0.15, -0.1) is 24.0 Å². The molecule has 1 aromatic carbocycles. The van der Waals surface area contributed by atoms with Crippen LogP contribution in [0.2, 0.25) is 0 Å². The molecule has 0 aliphatic carbocycles. The van der Waals surface area contributed by atoms with Crippen molar-refractivity contribution in [3.8, 4) is 0 Å². The van der Waals surface area contributed by atoms with Gasteiger partial charge in [-0.05, 0) is 25.3 Å². The van der Waals surface area contributed by atoms with Crippen LogP contribution in [0.15, 0.2) is 35.3 Å². The molecule has 2 N–H and O–H groups in total. The van der Waals surface area contributed by atoms with Crippen molar-refractivity contribution >= 4 is 39.8 Å². The first-order valence-corrected chi connectivity index (χ1v) is 10.9. The molecule has 1 saturated heterocycles. The van der Waals surface area contributed by atoms with E-state index in [1.54, 1.807) is 7.05 Å². The van der Waals surface area contributed by atoms with Gasteiger partial charge in [-0.1, -0.05) is 30.3 Å². The second-order valence-corrected chi connectivity index (χ2v) is 9.08. The van der Waals surface area contributed by atoms with Crippen molar-refractivity contribution in [2.45, 2.75) is 38.4 Å². The van der Waals surface area contributed by atoms with Crippen LogP contribution in [0.1, 0.15) is 25.3 Å². The van der Waals surface area contributed by atoms with E-state index in [0.29, 0.717) is 25.0 Å². The van der Waals surface area contributed by atoms with Crippen LogP contribution in [-0.4, -0.2) is 63.5 Å². The van der Waals surface area contributed by atoms with E-state index in [0.717, 1.165) is 25.5 Å². The molecule has 0 spiro atoms. The Morgan fingerprint density at radius 1 is 1.31 bits per heavy atom. The topological polar surface area (TPSA) is 73.8 Å². The Bertz CT molecular complexity index is 667. The van der Waals surface area contributed by atoms with Gasteiger partial charge in [-0.3, -0.25) is 9.89 Å². The first kappa shape index (κ1) is 23.2. The Kier molecular flexibility index (Phi) is 9.88. The molecule has 2 atom stereocenters. The third-order valence-corrected chi connectivity index (χ3v) is 5.51. The second kappa shape index (κ2) is 11.1. The van der Waals surface area contributed by atoms with Crippen molar-refractivity contribution in [2.24, 2.45) is 4.99 Å². The van der Waals surface area contributed by atoms with Gasteiger partial charge in [0.05, 0.1) is 5.75 Å². The van der Waals surface area contributed by atoms with Crippen molar-refractivity contribution in [3.05, 3.63) is 35.9 Å². The number of benzene rings is 1. The van der Waals surface area contributed by atoms with Crippen molar-refractivity contribution in [3.63, 3.8) is 0 Å². The van der Waals surface area contributed by atoms with Crippen LogP contribution in [0.5, 0.6) is 0 Å². The predicted molar refractivity (Wildman–Crippen MR) is 119 cm³/mol. The van der Waals surface area contributed by atoms with Crippen LogP contribution < -0.4 is 10.6 Å². The zero-order valence-electron chi connectivity index (χ0n) is 15.8. The van der Waals surface area contributed by atoms with Crippen molar-refractivity contribution in [1.82, 2.24) is 15.5 Å². The summed E-state index contributed by atoms with van der Waals surface area (Å²) < 4.78 is 22.3. The predicted octanol–water partition coefficient (Wildman–Crippen LogP) is 1.87. The minimum atomic E-state index is -2.90. The lowest BCUT2D eigenvalue weighted by Gasteiger charge is -2.21. The summed E-state index contributed by atoms with van der Waals surface area (Å²) in [5.41, 5.74) is 1.33. The van der Waals surface area contributed by atoms with E-state index < -0.39 is 9.84 Å². The number of likely N-dealkylation sites (tertiary alicyclic amines) is 1. The normalized spacial score (nSPS) is 21.3. The quantitative estimate of drug-likeness (QED) is 0.262. The molecule has 1 aliphatic heterocycles. The number of nitrogens with zero attached hydrogens (tertiary/aromatic N) is 2. The van der Waals surface area contributed by atoms with Crippen LogP contribution in [0.3, 0.4) is 0 Å². The highest BCUT2D eigenvalue weighted by atomic mass is 127. The molecule has 1 aromatic rings. The van der Waals surface area contributed by atoms with Crippen LogP contribution in [0.25, 0.3) is 0 Å². The Hall–Kier alpha value is -0.870. The minimum Gasteiger partial charge on any atom is -0.356 e. The monoisotopic (exact) mass is 494 g/mol. The van der Waals surface area contributed by atoms with Crippen LogP contribution in [0, 0.1) is 0 Å². The molecule has 1 fully saturated rings. The van der Waals surface area contributed by atoms with E-state index in [2.05, 4.69) is 51.7 Å². The van der Waals surface area contributed by atoms with Gasteiger partial charge in [-0.2, -0.15) is 0 Å². The SMILES string of the molecule is CN=C(NCCCS(C)(=O)=O)NC1CC(C)N(Cc2ccccc2)C1.I. The summed E-state index contributed by atoms with van der Waals surface area (Å²) in [4.78, 5) is 6.72. The zero-order valence-corrected chi connectivity index (χ0v) is 19.0. The Labute approximate surface area is 174 Å². The molecule has 0 saturated carbocycles. The molecule has 2 unspecified atom stereocenters. The first-order valence-electron chi connectivity index (χ1n) is 8.80. The molecule has 1 heterocycles. The Morgan fingerprint density at radius 3 is 2.62 bits per heavy atom. The largest absolute Gasteiger partial charge is 0.356 e. The number of aliphatic imine (C=N–C) groups is 1. The fraction of sp³-hybridized carbons (Fsp3) is 0.611. The van der Waals surface area contributed by atoms with E-state index in [-0.39, 0.29) is 29.7 Å². The van der Waals surface area contributed by atoms with Crippen molar-refractivity contribution < 1.29 is 8.42 Å². The molecule has 8 heteroatoms.